The van der Waals surface area contributed by atoms with Gasteiger partial charge in [0.05, 0.1) is 0 Å². The standard InChI is InChI=1S/C15H29N/c1-5-6-7-8-9-16-14-10-13(2)11-15(3,4)12-14/h13H,5-12H2,1-4H3/b16-14-. The van der Waals surface area contributed by atoms with Crippen molar-refractivity contribution >= 4 is 5.71 Å². The second-order valence-electron chi connectivity index (χ2n) is 6.36. The van der Waals surface area contributed by atoms with Crippen LogP contribution in [0.25, 0.3) is 0 Å². The minimum Gasteiger partial charge on any atom is -0.294 e. The Kier molecular flexibility index (Phi) is 5.51. The van der Waals surface area contributed by atoms with E-state index >= 15 is 0 Å². The average molecular weight is 223 g/mol. The van der Waals surface area contributed by atoms with E-state index in [-0.39, 0.29) is 0 Å². The molecule has 0 aromatic heterocycles. The molecule has 1 atom stereocenters. The second kappa shape index (κ2) is 6.42. The van der Waals surface area contributed by atoms with Crippen molar-refractivity contribution in [2.75, 3.05) is 6.54 Å². The minimum atomic E-state index is 0.486. The SMILES string of the molecule is CCCCCC/N=C1/CC(C)CC(C)(C)C1. The number of nitrogens with zero attached hydrogens (tertiary/aromatic N) is 1. The molecule has 1 saturated carbocycles. The summed E-state index contributed by atoms with van der Waals surface area (Å²) in [7, 11) is 0. The zero-order valence-corrected chi connectivity index (χ0v) is 11.7. The van der Waals surface area contributed by atoms with Crippen molar-refractivity contribution in [2.24, 2.45) is 16.3 Å². The van der Waals surface area contributed by atoms with Gasteiger partial charge in [-0.25, -0.2) is 0 Å². The van der Waals surface area contributed by atoms with Crippen molar-refractivity contribution in [1.82, 2.24) is 0 Å². The van der Waals surface area contributed by atoms with Gasteiger partial charge in [0.15, 0.2) is 0 Å². The lowest BCUT2D eigenvalue weighted by Crippen LogP contribution is -2.27. The maximum absolute atomic E-state index is 4.82. The Morgan fingerprint density at radius 3 is 2.62 bits per heavy atom. The zero-order valence-electron chi connectivity index (χ0n) is 11.7. The molecule has 0 N–H and O–H groups in total. The Balaban J connectivity index is 2.32. The van der Waals surface area contributed by atoms with E-state index < -0.39 is 0 Å². The van der Waals surface area contributed by atoms with Crippen molar-refractivity contribution in [3.63, 3.8) is 0 Å². The Hall–Kier alpha value is -0.330. The van der Waals surface area contributed by atoms with Gasteiger partial charge in [-0.05, 0) is 37.0 Å². The highest BCUT2D eigenvalue weighted by Gasteiger charge is 2.28. The molecule has 0 amide bonds. The molecule has 1 aliphatic carbocycles. The summed E-state index contributed by atoms with van der Waals surface area (Å²) in [4.78, 5) is 4.82. The summed E-state index contributed by atoms with van der Waals surface area (Å²) in [6.45, 7) is 10.5. The van der Waals surface area contributed by atoms with Crippen LogP contribution < -0.4 is 0 Å². The second-order valence-corrected chi connectivity index (χ2v) is 6.36. The molecule has 0 radical (unpaired) electrons. The first-order valence-corrected chi connectivity index (χ1v) is 7.06. The van der Waals surface area contributed by atoms with E-state index in [1.165, 1.54) is 50.7 Å². The molecule has 94 valence electrons. The smallest absolute Gasteiger partial charge is 0.0388 e. The molecule has 1 unspecified atom stereocenters. The predicted molar refractivity (Wildman–Crippen MR) is 73.2 cm³/mol. The highest BCUT2D eigenvalue weighted by molar-refractivity contribution is 5.86. The monoisotopic (exact) mass is 223 g/mol. The third kappa shape index (κ3) is 5.14. The first-order valence-electron chi connectivity index (χ1n) is 7.06. The van der Waals surface area contributed by atoms with Crippen molar-refractivity contribution in [1.29, 1.82) is 0 Å². The lowest BCUT2D eigenvalue weighted by atomic mass is 9.72. The van der Waals surface area contributed by atoms with Crippen LogP contribution in [0, 0.1) is 11.3 Å². The third-order valence-electron chi connectivity index (χ3n) is 3.51. The van der Waals surface area contributed by atoms with E-state index in [0.29, 0.717) is 5.41 Å². The average Bonchev–Trinajstić information content (AvgIpc) is 2.14. The highest BCUT2D eigenvalue weighted by atomic mass is 14.7. The largest absolute Gasteiger partial charge is 0.294 e. The van der Waals surface area contributed by atoms with Crippen LogP contribution >= 0.6 is 0 Å². The van der Waals surface area contributed by atoms with Crippen molar-refractivity contribution < 1.29 is 0 Å². The van der Waals surface area contributed by atoms with Crippen LogP contribution in [0.1, 0.15) is 72.6 Å². The van der Waals surface area contributed by atoms with Gasteiger partial charge in [0.25, 0.3) is 0 Å². The number of aliphatic imine (C=N–C) groups is 1. The van der Waals surface area contributed by atoms with Crippen molar-refractivity contribution in [3.8, 4) is 0 Å². The molecule has 1 rings (SSSR count). The summed E-state index contributed by atoms with van der Waals surface area (Å²) >= 11 is 0. The number of unbranched alkanes of at least 4 members (excludes halogenated alkanes) is 3. The van der Waals surface area contributed by atoms with Crippen LogP contribution in [0.15, 0.2) is 4.99 Å². The highest BCUT2D eigenvalue weighted by Crippen LogP contribution is 2.36. The molecule has 1 heteroatoms. The normalized spacial score (nSPS) is 27.2. The third-order valence-corrected chi connectivity index (χ3v) is 3.51. The van der Waals surface area contributed by atoms with E-state index in [0.717, 1.165) is 12.5 Å². The zero-order chi connectivity index (χ0) is 12.0. The Morgan fingerprint density at radius 2 is 2.00 bits per heavy atom. The first kappa shape index (κ1) is 13.7. The van der Waals surface area contributed by atoms with E-state index in [1.807, 2.05) is 0 Å². The van der Waals surface area contributed by atoms with Gasteiger partial charge in [-0.2, -0.15) is 0 Å². The van der Waals surface area contributed by atoms with Gasteiger partial charge in [0, 0.05) is 12.3 Å². The van der Waals surface area contributed by atoms with Crippen molar-refractivity contribution in [3.05, 3.63) is 0 Å². The molecule has 0 aliphatic heterocycles. The summed E-state index contributed by atoms with van der Waals surface area (Å²) in [5, 5.41) is 0. The summed E-state index contributed by atoms with van der Waals surface area (Å²) in [6, 6.07) is 0. The fourth-order valence-corrected chi connectivity index (χ4v) is 3.01. The molecular weight excluding hydrogens is 194 g/mol. The molecule has 0 spiro atoms. The molecule has 0 aromatic rings. The van der Waals surface area contributed by atoms with Gasteiger partial charge in [0.1, 0.15) is 0 Å². The Morgan fingerprint density at radius 1 is 1.25 bits per heavy atom. The van der Waals surface area contributed by atoms with Gasteiger partial charge in [-0.15, -0.1) is 0 Å². The quantitative estimate of drug-likeness (QED) is 0.591. The van der Waals surface area contributed by atoms with Gasteiger partial charge in [-0.3, -0.25) is 4.99 Å². The van der Waals surface area contributed by atoms with Crippen LogP contribution in [-0.4, -0.2) is 12.3 Å². The van der Waals surface area contributed by atoms with E-state index in [2.05, 4.69) is 27.7 Å². The first-order chi connectivity index (χ1) is 7.53. The Bertz CT molecular complexity index is 228. The van der Waals surface area contributed by atoms with E-state index in [9.17, 15) is 0 Å². The van der Waals surface area contributed by atoms with Gasteiger partial charge < -0.3 is 0 Å². The van der Waals surface area contributed by atoms with Gasteiger partial charge in [0.2, 0.25) is 0 Å². The lowest BCUT2D eigenvalue weighted by Gasteiger charge is -2.34. The molecule has 16 heavy (non-hydrogen) atoms. The molecule has 0 saturated heterocycles. The molecular formula is C15H29N. The Labute approximate surface area is 102 Å². The summed E-state index contributed by atoms with van der Waals surface area (Å²) in [5.41, 5.74) is 1.97. The minimum absolute atomic E-state index is 0.486. The fraction of sp³-hybridized carbons (Fsp3) is 0.933. The maximum atomic E-state index is 4.82. The number of rotatable bonds is 5. The van der Waals surface area contributed by atoms with E-state index in [1.54, 1.807) is 0 Å². The fourth-order valence-electron chi connectivity index (χ4n) is 3.01. The molecule has 0 bridgehead atoms. The van der Waals surface area contributed by atoms with Gasteiger partial charge >= 0.3 is 0 Å². The molecule has 0 aromatic carbocycles. The van der Waals surface area contributed by atoms with Crippen LogP contribution in [-0.2, 0) is 0 Å². The summed E-state index contributed by atoms with van der Waals surface area (Å²) in [5.74, 6) is 0.832. The van der Waals surface area contributed by atoms with Crippen LogP contribution in [0.4, 0.5) is 0 Å². The lowest BCUT2D eigenvalue weighted by molar-refractivity contribution is 0.265. The van der Waals surface area contributed by atoms with Gasteiger partial charge in [-0.1, -0.05) is 47.0 Å². The van der Waals surface area contributed by atoms with Crippen LogP contribution in [0.3, 0.4) is 0 Å². The van der Waals surface area contributed by atoms with Crippen molar-refractivity contribution in [2.45, 2.75) is 72.6 Å². The number of hydrogen-bond donors (Lipinski definition) is 0. The molecule has 1 fully saturated rings. The summed E-state index contributed by atoms with van der Waals surface area (Å²) in [6.07, 6.45) is 9.16. The molecule has 1 aliphatic rings. The topological polar surface area (TPSA) is 12.4 Å². The summed E-state index contributed by atoms with van der Waals surface area (Å²) < 4.78 is 0. The predicted octanol–water partition coefficient (Wildman–Crippen LogP) is 4.85. The van der Waals surface area contributed by atoms with Crippen LogP contribution in [0.2, 0.25) is 0 Å². The molecule has 0 heterocycles. The molecule has 1 nitrogen and oxygen atoms in total. The maximum Gasteiger partial charge on any atom is 0.0388 e. The van der Waals surface area contributed by atoms with Crippen LogP contribution in [0.5, 0.6) is 0 Å². The van der Waals surface area contributed by atoms with E-state index in [4.69, 9.17) is 4.99 Å². The number of hydrogen-bond acceptors (Lipinski definition) is 1.